The molecule has 0 saturated heterocycles. The molecule has 0 bridgehead atoms. The number of carbonyl (C=O) groups is 2. The van der Waals surface area contributed by atoms with Crippen LogP contribution in [0, 0.1) is 0 Å². The molecule has 0 radical (unpaired) electrons. The number of nitrogens with one attached hydrogen (secondary N) is 2. The number of fused-ring (bicyclic) bond motifs is 1. The molecule has 0 atom stereocenters. The molecule has 1 aliphatic heterocycles. The Morgan fingerprint density at radius 1 is 1.33 bits per heavy atom. The molecule has 2 heterocycles. The van der Waals surface area contributed by atoms with E-state index in [2.05, 4.69) is 10.6 Å². The Morgan fingerprint density at radius 3 is 3.05 bits per heavy atom. The third kappa shape index (κ3) is 3.11. The van der Waals surface area contributed by atoms with Gasteiger partial charge in [-0.2, -0.15) is 0 Å². The number of benzene rings is 1. The van der Waals surface area contributed by atoms with Crippen molar-refractivity contribution >= 4 is 29.3 Å². The third-order valence-electron chi connectivity index (χ3n) is 2.82. The summed E-state index contributed by atoms with van der Waals surface area (Å²) in [6.07, 6.45) is 4.48. The molecule has 2 amide bonds. The molecule has 1 aromatic carbocycles. The normalized spacial score (nSPS) is 13.4. The summed E-state index contributed by atoms with van der Waals surface area (Å²) in [5.74, 6) is 0.649. The number of amides is 2. The van der Waals surface area contributed by atoms with E-state index in [0.29, 0.717) is 22.9 Å². The molecule has 6 heteroatoms. The largest absolute Gasteiger partial charge is 0.482 e. The van der Waals surface area contributed by atoms with Gasteiger partial charge in [0, 0.05) is 17.8 Å². The first-order chi connectivity index (χ1) is 10.2. The molecule has 6 nitrogen and oxygen atoms in total. The van der Waals surface area contributed by atoms with Gasteiger partial charge < -0.3 is 19.8 Å². The van der Waals surface area contributed by atoms with Gasteiger partial charge in [-0.15, -0.1) is 0 Å². The van der Waals surface area contributed by atoms with Gasteiger partial charge in [0.05, 0.1) is 12.0 Å². The second-order valence-electron chi connectivity index (χ2n) is 4.39. The quantitative estimate of drug-likeness (QED) is 0.847. The summed E-state index contributed by atoms with van der Waals surface area (Å²) in [6.45, 7) is -0.0250. The van der Waals surface area contributed by atoms with Gasteiger partial charge in [-0.25, -0.2) is 0 Å². The Balaban J connectivity index is 1.68. The fraction of sp³-hybridized carbons (Fsp3) is 0.0667. The summed E-state index contributed by atoms with van der Waals surface area (Å²) in [7, 11) is 0. The first kappa shape index (κ1) is 13.0. The molecule has 3 rings (SSSR count). The summed E-state index contributed by atoms with van der Waals surface area (Å²) >= 11 is 0. The van der Waals surface area contributed by atoms with Crippen LogP contribution in [-0.2, 0) is 9.59 Å². The van der Waals surface area contributed by atoms with Crippen LogP contribution in [0.3, 0.4) is 0 Å². The second-order valence-corrected chi connectivity index (χ2v) is 4.39. The smallest absolute Gasteiger partial charge is 0.262 e. The maximum Gasteiger partial charge on any atom is 0.262 e. The topological polar surface area (TPSA) is 80.6 Å². The summed E-state index contributed by atoms with van der Waals surface area (Å²) in [5.41, 5.74) is 1.18. The molecule has 1 aliphatic rings. The fourth-order valence-corrected chi connectivity index (χ4v) is 1.88. The third-order valence-corrected chi connectivity index (χ3v) is 2.82. The standard InChI is InChI=1S/C15H12N2O4/c18-14(6-4-11-2-1-7-20-11)16-10-3-5-12-13(8-10)21-9-15(19)17-12/h1-8H,9H2,(H,16,18)(H,17,19)/b6-4+. The van der Waals surface area contributed by atoms with Gasteiger partial charge >= 0.3 is 0 Å². The van der Waals surface area contributed by atoms with Crippen LogP contribution in [0.4, 0.5) is 11.4 Å². The zero-order valence-electron chi connectivity index (χ0n) is 11.0. The van der Waals surface area contributed by atoms with Crippen molar-refractivity contribution in [2.45, 2.75) is 0 Å². The molecule has 21 heavy (non-hydrogen) atoms. The monoisotopic (exact) mass is 284 g/mol. The van der Waals surface area contributed by atoms with Crippen molar-refractivity contribution in [3.05, 3.63) is 48.4 Å². The molecule has 0 spiro atoms. The van der Waals surface area contributed by atoms with Gasteiger partial charge in [-0.1, -0.05) is 0 Å². The van der Waals surface area contributed by atoms with Crippen LogP contribution in [0.2, 0.25) is 0 Å². The lowest BCUT2D eigenvalue weighted by atomic mass is 10.2. The van der Waals surface area contributed by atoms with Gasteiger partial charge in [0.2, 0.25) is 5.91 Å². The molecule has 1 aromatic heterocycles. The predicted molar refractivity (Wildman–Crippen MR) is 76.9 cm³/mol. The molecule has 0 fully saturated rings. The van der Waals surface area contributed by atoms with E-state index in [1.54, 1.807) is 36.4 Å². The van der Waals surface area contributed by atoms with Crippen LogP contribution in [0.25, 0.3) is 6.08 Å². The highest BCUT2D eigenvalue weighted by Gasteiger charge is 2.16. The Hall–Kier alpha value is -3.02. The molecule has 0 saturated carbocycles. The molecule has 0 unspecified atom stereocenters. The molecule has 106 valence electrons. The highest BCUT2D eigenvalue weighted by molar-refractivity contribution is 6.02. The minimum atomic E-state index is -0.286. The number of hydrogen-bond donors (Lipinski definition) is 2. The van der Waals surface area contributed by atoms with Gasteiger partial charge in [-0.05, 0) is 30.3 Å². The van der Waals surface area contributed by atoms with Crippen LogP contribution < -0.4 is 15.4 Å². The Bertz CT molecular complexity index is 704. The van der Waals surface area contributed by atoms with Crippen LogP contribution >= 0.6 is 0 Å². The Labute approximate surface area is 120 Å². The lowest BCUT2D eigenvalue weighted by Gasteiger charge is -2.18. The van der Waals surface area contributed by atoms with E-state index in [9.17, 15) is 9.59 Å². The molecule has 0 aliphatic carbocycles. The van der Waals surface area contributed by atoms with Crippen molar-refractivity contribution in [2.24, 2.45) is 0 Å². The van der Waals surface area contributed by atoms with Crippen molar-refractivity contribution in [1.82, 2.24) is 0 Å². The van der Waals surface area contributed by atoms with Gasteiger partial charge in [0.25, 0.3) is 5.91 Å². The van der Waals surface area contributed by atoms with Crippen LogP contribution in [0.5, 0.6) is 5.75 Å². The molecule has 2 aromatic rings. The van der Waals surface area contributed by atoms with Gasteiger partial charge in [0.1, 0.15) is 11.5 Å². The number of ether oxygens (including phenoxy) is 1. The number of carbonyl (C=O) groups excluding carboxylic acids is 2. The lowest BCUT2D eigenvalue weighted by molar-refractivity contribution is -0.118. The summed E-state index contributed by atoms with van der Waals surface area (Å²) in [5, 5.41) is 5.39. The van der Waals surface area contributed by atoms with Crippen molar-refractivity contribution < 1.29 is 18.7 Å². The number of hydrogen-bond acceptors (Lipinski definition) is 4. The zero-order chi connectivity index (χ0) is 14.7. The second kappa shape index (κ2) is 5.54. The SMILES string of the molecule is O=C(/C=C/c1ccco1)Nc1ccc2c(c1)OCC(=O)N2. The molecular formula is C15H12N2O4. The van der Waals surface area contributed by atoms with Crippen molar-refractivity contribution in [1.29, 1.82) is 0 Å². The highest BCUT2D eigenvalue weighted by Crippen LogP contribution is 2.30. The molecular weight excluding hydrogens is 272 g/mol. The molecule has 2 N–H and O–H groups in total. The van der Waals surface area contributed by atoms with E-state index in [4.69, 9.17) is 9.15 Å². The van der Waals surface area contributed by atoms with E-state index in [-0.39, 0.29) is 18.4 Å². The zero-order valence-corrected chi connectivity index (χ0v) is 11.0. The van der Waals surface area contributed by atoms with Crippen LogP contribution in [-0.4, -0.2) is 18.4 Å². The average Bonchev–Trinajstić information content (AvgIpc) is 2.99. The maximum absolute atomic E-state index is 11.8. The number of rotatable bonds is 3. The van der Waals surface area contributed by atoms with Crippen LogP contribution in [0.15, 0.2) is 47.1 Å². The van der Waals surface area contributed by atoms with E-state index >= 15 is 0 Å². The van der Waals surface area contributed by atoms with E-state index in [1.165, 1.54) is 12.3 Å². The van der Waals surface area contributed by atoms with E-state index < -0.39 is 0 Å². The first-order valence-electron chi connectivity index (χ1n) is 6.30. The fourth-order valence-electron chi connectivity index (χ4n) is 1.88. The van der Waals surface area contributed by atoms with E-state index in [0.717, 1.165) is 0 Å². The number of furan rings is 1. The van der Waals surface area contributed by atoms with E-state index in [1.807, 2.05) is 0 Å². The lowest BCUT2D eigenvalue weighted by Crippen LogP contribution is -2.25. The van der Waals surface area contributed by atoms with Crippen molar-refractivity contribution in [2.75, 3.05) is 17.2 Å². The summed E-state index contributed by atoms with van der Waals surface area (Å²) in [6, 6.07) is 8.52. The van der Waals surface area contributed by atoms with Crippen molar-refractivity contribution in [3.8, 4) is 5.75 Å². The Kier molecular flexibility index (Phi) is 3.42. The predicted octanol–water partition coefficient (Wildman–Crippen LogP) is 2.26. The summed E-state index contributed by atoms with van der Waals surface area (Å²) in [4.78, 5) is 22.9. The number of anilines is 2. The maximum atomic E-state index is 11.8. The minimum absolute atomic E-state index is 0.0250. The van der Waals surface area contributed by atoms with Gasteiger partial charge in [-0.3, -0.25) is 9.59 Å². The first-order valence-corrected chi connectivity index (χ1v) is 6.30. The average molecular weight is 284 g/mol. The van der Waals surface area contributed by atoms with Crippen LogP contribution in [0.1, 0.15) is 5.76 Å². The van der Waals surface area contributed by atoms with Gasteiger partial charge in [0.15, 0.2) is 6.61 Å². The van der Waals surface area contributed by atoms with Crippen molar-refractivity contribution in [3.63, 3.8) is 0 Å². The highest BCUT2D eigenvalue weighted by atomic mass is 16.5. The summed E-state index contributed by atoms with van der Waals surface area (Å²) < 4.78 is 10.4. The Morgan fingerprint density at radius 2 is 2.24 bits per heavy atom. The minimum Gasteiger partial charge on any atom is -0.482 e.